The molecule has 2 aromatic rings. The fourth-order valence-corrected chi connectivity index (χ4v) is 3.35. The standard InChI is InChI=1S/C21H24BrN3O3/c1-15-13-17(3-8-20(15)22)23-21(27)14-28-19-6-4-18(5-7-19)25-11-9-24(10-12-25)16(2)26/h3-8,13H,9-12,14H2,1-2H3,(H,23,27). The van der Waals surface area contributed by atoms with E-state index >= 15 is 0 Å². The van der Waals surface area contributed by atoms with E-state index in [2.05, 4.69) is 26.1 Å². The third kappa shape index (κ3) is 5.25. The summed E-state index contributed by atoms with van der Waals surface area (Å²) in [5.74, 6) is 0.569. The van der Waals surface area contributed by atoms with Crippen molar-refractivity contribution < 1.29 is 14.3 Å². The highest BCUT2D eigenvalue weighted by molar-refractivity contribution is 9.10. The summed E-state index contributed by atoms with van der Waals surface area (Å²) in [7, 11) is 0. The van der Waals surface area contributed by atoms with Gasteiger partial charge in [0.05, 0.1) is 0 Å². The number of amides is 2. The number of anilines is 2. The zero-order chi connectivity index (χ0) is 20.1. The Morgan fingerprint density at radius 3 is 2.36 bits per heavy atom. The molecule has 148 valence electrons. The molecule has 28 heavy (non-hydrogen) atoms. The second-order valence-corrected chi connectivity index (χ2v) is 7.64. The van der Waals surface area contributed by atoms with Gasteiger partial charge >= 0.3 is 0 Å². The van der Waals surface area contributed by atoms with Crippen LogP contribution in [0.25, 0.3) is 0 Å². The summed E-state index contributed by atoms with van der Waals surface area (Å²) in [6.45, 7) is 6.63. The van der Waals surface area contributed by atoms with Gasteiger partial charge in [-0.05, 0) is 55.0 Å². The van der Waals surface area contributed by atoms with Crippen molar-refractivity contribution in [2.24, 2.45) is 0 Å². The van der Waals surface area contributed by atoms with Crippen molar-refractivity contribution in [1.29, 1.82) is 0 Å². The van der Waals surface area contributed by atoms with E-state index in [0.717, 1.165) is 47.6 Å². The lowest BCUT2D eigenvalue weighted by Gasteiger charge is -2.35. The number of nitrogens with one attached hydrogen (secondary N) is 1. The van der Waals surface area contributed by atoms with E-state index in [0.29, 0.717) is 5.75 Å². The average molecular weight is 446 g/mol. The number of carbonyl (C=O) groups excluding carboxylic acids is 2. The Morgan fingerprint density at radius 2 is 1.75 bits per heavy atom. The van der Waals surface area contributed by atoms with Gasteiger partial charge in [0.15, 0.2) is 6.61 Å². The van der Waals surface area contributed by atoms with E-state index in [1.54, 1.807) is 6.92 Å². The highest BCUT2D eigenvalue weighted by Crippen LogP contribution is 2.22. The van der Waals surface area contributed by atoms with Crippen LogP contribution < -0.4 is 15.0 Å². The van der Waals surface area contributed by atoms with Crippen molar-refractivity contribution in [2.75, 3.05) is 43.0 Å². The zero-order valence-corrected chi connectivity index (χ0v) is 17.7. The van der Waals surface area contributed by atoms with Crippen LogP contribution in [-0.4, -0.2) is 49.5 Å². The third-order valence-corrected chi connectivity index (χ3v) is 5.63. The summed E-state index contributed by atoms with van der Waals surface area (Å²) in [6.07, 6.45) is 0. The molecule has 0 bridgehead atoms. The Bertz CT molecular complexity index is 846. The maximum absolute atomic E-state index is 12.1. The molecule has 0 radical (unpaired) electrons. The van der Waals surface area contributed by atoms with Crippen LogP contribution in [0.1, 0.15) is 12.5 Å². The van der Waals surface area contributed by atoms with E-state index in [9.17, 15) is 9.59 Å². The molecule has 0 unspecified atom stereocenters. The Labute approximate surface area is 173 Å². The molecular weight excluding hydrogens is 422 g/mol. The van der Waals surface area contributed by atoms with Gasteiger partial charge in [-0.3, -0.25) is 9.59 Å². The quantitative estimate of drug-likeness (QED) is 0.765. The molecule has 0 spiro atoms. The van der Waals surface area contributed by atoms with Crippen LogP contribution in [0.4, 0.5) is 11.4 Å². The van der Waals surface area contributed by atoms with Gasteiger partial charge < -0.3 is 19.9 Å². The first-order valence-corrected chi connectivity index (χ1v) is 10.0. The van der Waals surface area contributed by atoms with Crippen molar-refractivity contribution >= 4 is 39.1 Å². The summed E-state index contributed by atoms with van der Waals surface area (Å²) in [4.78, 5) is 27.6. The van der Waals surface area contributed by atoms with Gasteiger partial charge in [-0.25, -0.2) is 0 Å². The number of carbonyl (C=O) groups is 2. The van der Waals surface area contributed by atoms with Crippen molar-refractivity contribution in [1.82, 2.24) is 4.90 Å². The molecular formula is C21H24BrN3O3. The summed E-state index contributed by atoms with van der Waals surface area (Å²) in [5, 5.41) is 2.83. The molecule has 7 heteroatoms. The topological polar surface area (TPSA) is 61.9 Å². The van der Waals surface area contributed by atoms with Crippen molar-refractivity contribution in [3.05, 3.63) is 52.5 Å². The predicted octanol–water partition coefficient (Wildman–Crippen LogP) is 3.44. The lowest BCUT2D eigenvalue weighted by Crippen LogP contribution is -2.48. The van der Waals surface area contributed by atoms with Gasteiger partial charge in [-0.2, -0.15) is 0 Å². The maximum atomic E-state index is 12.1. The monoisotopic (exact) mass is 445 g/mol. The number of piperazine rings is 1. The van der Waals surface area contributed by atoms with Gasteiger partial charge in [0.25, 0.3) is 5.91 Å². The Hall–Kier alpha value is -2.54. The molecule has 1 N–H and O–H groups in total. The number of hydrogen-bond acceptors (Lipinski definition) is 4. The van der Waals surface area contributed by atoms with Crippen LogP contribution in [0, 0.1) is 6.92 Å². The first kappa shape index (κ1) is 20.2. The highest BCUT2D eigenvalue weighted by Gasteiger charge is 2.18. The normalized spacial score (nSPS) is 14.0. The molecule has 1 aliphatic heterocycles. The average Bonchev–Trinajstić information content (AvgIpc) is 2.70. The number of halogens is 1. The Morgan fingerprint density at radius 1 is 1.07 bits per heavy atom. The van der Waals surface area contributed by atoms with Crippen LogP contribution >= 0.6 is 15.9 Å². The molecule has 0 aromatic heterocycles. The summed E-state index contributed by atoms with van der Waals surface area (Å²) < 4.78 is 6.60. The molecule has 1 aliphatic rings. The molecule has 0 aliphatic carbocycles. The second-order valence-electron chi connectivity index (χ2n) is 6.79. The molecule has 1 fully saturated rings. The number of rotatable bonds is 5. The number of nitrogens with zero attached hydrogens (tertiary/aromatic N) is 2. The summed E-state index contributed by atoms with van der Waals surface area (Å²) >= 11 is 3.44. The van der Waals surface area contributed by atoms with Crippen molar-refractivity contribution in [3.63, 3.8) is 0 Å². The first-order chi connectivity index (χ1) is 13.4. The van der Waals surface area contributed by atoms with Crippen LogP contribution in [0.15, 0.2) is 46.9 Å². The maximum Gasteiger partial charge on any atom is 0.262 e. The Balaban J connectivity index is 1.48. The van der Waals surface area contributed by atoms with E-state index in [4.69, 9.17) is 4.74 Å². The molecule has 2 amide bonds. The molecule has 0 atom stereocenters. The van der Waals surface area contributed by atoms with E-state index < -0.39 is 0 Å². The van der Waals surface area contributed by atoms with E-state index in [-0.39, 0.29) is 18.4 Å². The Kier molecular flexibility index (Phi) is 6.57. The zero-order valence-electron chi connectivity index (χ0n) is 16.1. The molecule has 2 aromatic carbocycles. The first-order valence-electron chi connectivity index (χ1n) is 9.22. The minimum atomic E-state index is -0.203. The fraction of sp³-hybridized carbons (Fsp3) is 0.333. The summed E-state index contributed by atoms with van der Waals surface area (Å²) in [6, 6.07) is 13.3. The molecule has 6 nitrogen and oxygen atoms in total. The fourth-order valence-electron chi connectivity index (χ4n) is 3.10. The number of aryl methyl sites for hydroxylation is 1. The smallest absolute Gasteiger partial charge is 0.262 e. The summed E-state index contributed by atoms with van der Waals surface area (Å²) in [5.41, 5.74) is 2.89. The van der Waals surface area contributed by atoms with Crippen molar-refractivity contribution in [2.45, 2.75) is 13.8 Å². The molecule has 1 saturated heterocycles. The van der Waals surface area contributed by atoms with Gasteiger partial charge in [0, 0.05) is 49.0 Å². The second kappa shape index (κ2) is 9.10. The van der Waals surface area contributed by atoms with Gasteiger partial charge in [0.1, 0.15) is 5.75 Å². The lowest BCUT2D eigenvalue weighted by molar-refractivity contribution is -0.129. The minimum Gasteiger partial charge on any atom is -0.484 e. The molecule has 3 rings (SSSR count). The van der Waals surface area contributed by atoms with Crippen LogP contribution in [-0.2, 0) is 9.59 Å². The van der Waals surface area contributed by atoms with Gasteiger partial charge in [-0.1, -0.05) is 15.9 Å². The third-order valence-electron chi connectivity index (χ3n) is 4.74. The van der Waals surface area contributed by atoms with E-state index in [1.165, 1.54) is 0 Å². The number of ether oxygens (including phenoxy) is 1. The van der Waals surface area contributed by atoms with Crippen LogP contribution in [0.2, 0.25) is 0 Å². The van der Waals surface area contributed by atoms with Crippen molar-refractivity contribution in [3.8, 4) is 5.75 Å². The van der Waals surface area contributed by atoms with Gasteiger partial charge in [-0.15, -0.1) is 0 Å². The largest absolute Gasteiger partial charge is 0.484 e. The van der Waals surface area contributed by atoms with Crippen LogP contribution in [0.3, 0.4) is 0 Å². The number of benzene rings is 2. The highest BCUT2D eigenvalue weighted by atomic mass is 79.9. The molecule has 0 saturated carbocycles. The number of hydrogen-bond donors (Lipinski definition) is 1. The predicted molar refractivity (Wildman–Crippen MR) is 114 cm³/mol. The minimum absolute atomic E-state index is 0.0499. The molecule has 1 heterocycles. The SMILES string of the molecule is CC(=O)N1CCN(c2ccc(OCC(=O)Nc3ccc(Br)c(C)c3)cc2)CC1. The van der Waals surface area contributed by atoms with E-state index in [1.807, 2.05) is 54.3 Å². The van der Waals surface area contributed by atoms with Crippen LogP contribution in [0.5, 0.6) is 5.75 Å². The lowest BCUT2D eigenvalue weighted by atomic mass is 10.2. The van der Waals surface area contributed by atoms with Gasteiger partial charge in [0.2, 0.25) is 5.91 Å².